The molecule has 0 saturated carbocycles. The topological polar surface area (TPSA) is 230 Å². The second-order valence-electron chi connectivity index (χ2n) is 14.8. The summed E-state index contributed by atoms with van der Waals surface area (Å²) in [6.07, 6.45) is 2.87. The lowest BCUT2D eigenvalue weighted by atomic mass is 10.1. The van der Waals surface area contributed by atoms with Crippen molar-refractivity contribution in [1.29, 1.82) is 0 Å². The minimum Gasteiger partial charge on any atom is -0.494 e. The van der Waals surface area contributed by atoms with Gasteiger partial charge in [0, 0.05) is 35.1 Å². The molecule has 0 spiro atoms. The fourth-order valence-corrected chi connectivity index (χ4v) is 7.79. The van der Waals surface area contributed by atoms with Gasteiger partial charge < -0.3 is 26.0 Å². The average molecular weight is 812 g/mol. The highest BCUT2D eigenvalue weighted by molar-refractivity contribution is 7.89. The highest BCUT2D eigenvalue weighted by Gasteiger charge is 2.45. The molecular weight excluding hydrogens is 767 g/mol. The molecule has 17 nitrogen and oxygen atoms in total. The number of hydrogen-bond donors (Lipinski definition) is 6. The molecule has 1 fully saturated rings. The highest BCUT2D eigenvalue weighted by atomic mass is 32.2. The SMILES string of the molecule is Cc1cnc(Nc2ccc(OCCCNCC(=O)Nc3cccc4c3C(=O)N([C@H]3CCCC(=O)NC3=O)C4=O)cc2)nc1Nc1cccc(S(=O)(=O)NC(C)(C)C)c1. The minimum atomic E-state index is -3.72. The number of rotatable bonds is 15. The van der Waals surface area contributed by atoms with Gasteiger partial charge in [-0.3, -0.25) is 34.2 Å². The Morgan fingerprint density at radius 3 is 2.48 bits per heavy atom. The molecule has 5 amide bonds. The summed E-state index contributed by atoms with van der Waals surface area (Å²) in [5.74, 6) is -1.46. The van der Waals surface area contributed by atoms with Crippen LogP contribution in [0.3, 0.4) is 0 Å². The van der Waals surface area contributed by atoms with Crippen molar-refractivity contribution in [3.8, 4) is 5.75 Å². The largest absolute Gasteiger partial charge is 0.494 e. The van der Waals surface area contributed by atoms with Gasteiger partial charge in [-0.25, -0.2) is 18.1 Å². The molecule has 0 bridgehead atoms. The number of carbonyl (C=O) groups is 5. The van der Waals surface area contributed by atoms with E-state index in [2.05, 4.69) is 41.3 Å². The van der Waals surface area contributed by atoms with Crippen LogP contribution in [0.1, 0.15) is 72.7 Å². The maximum Gasteiger partial charge on any atom is 0.264 e. The predicted molar refractivity (Wildman–Crippen MR) is 216 cm³/mol. The molecule has 1 saturated heterocycles. The number of benzene rings is 3. The van der Waals surface area contributed by atoms with E-state index in [1.165, 1.54) is 18.2 Å². The first-order valence-electron chi connectivity index (χ1n) is 18.7. The van der Waals surface area contributed by atoms with E-state index in [1.54, 1.807) is 63.4 Å². The van der Waals surface area contributed by atoms with Gasteiger partial charge in [0.2, 0.25) is 33.7 Å². The van der Waals surface area contributed by atoms with Crippen molar-refractivity contribution in [3.63, 3.8) is 0 Å². The third kappa shape index (κ3) is 10.2. The van der Waals surface area contributed by atoms with Crippen LogP contribution in [0.5, 0.6) is 5.75 Å². The number of hydrogen-bond acceptors (Lipinski definition) is 13. The van der Waals surface area contributed by atoms with E-state index in [9.17, 15) is 32.4 Å². The second kappa shape index (κ2) is 17.5. The van der Waals surface area contributed by atoms with Crippen LogP contribution in [0.15, 0.2) is 77.8 Å². The molecule has 2 aliphatic rings. The van der Waals surface area contributed by atoms with Crippen LogP contribution >= 0.6 is 0 Å². The standard InChI is InChI=1S/C40H45N9O8S/c1-24-22-42-39(47-35(24)43-26-9-5-10-28(21-26)58(55,56)48-40(2,3)4)44-25-15-17-27(18-16-25)57-20-8-19-41-23-33(51)45-30-12-6-11-29-34(30)38(54)49(37(29)53)31-13-7-14-32(50)46-36(31)52/h5-6,9-12,15-18,21-22,31,41,48H,7-8,13-14,19-20,23H2,1-4H3,(H,45,51)(H,46,50,52)(H2,42,43,44,47)/t31-/m0/s1. The van der Waals surface area contributed by atoms with Crippen molar-refractivity contribution in [2.24, 2.45) is 0 Å². The first-order chi connectivity index (χ1) is 27.6. The van der Waals surface area contributed by atoms with E-state index in [0.717, 1.165) is 10.5 Å². The zero-order valence-corrected chi connectivity index (χ0v) is 33.3. The Labute approximate surface area is 335 Å². The molecule has 18 heteroatoms. The van der Waals surface area contributed by atoms with E-state index < -0.39 is 51.1 Å². The number of aromatic nitrogens is 2. The lowest BCUT2D eigenvalue weighted by Crippen LogP contribution is -2.49. The number of nitrogens with zero attached hydrogens (tertiary/aromatic N) is 3. The fraction of sp³-hybridized carbons (Fsp3) is 0.325. The van der Waals surface area contributed by atoms with E-state index in [4.69, 9.17) is 4.74 Å². The van der Waals surface area contributed by atoms with Crippen molar-refractivity contribution < 1.29 is 37.1 Å². The quantitative estimate of drug-likeness (QED) is 0.0734. The van der Waals surface area contributed by atoms with Crippen molar-refractivity contribution in [1.82, 2.24) is 30.2 Å². The second-order valence-corrected chi connectivity index (χ2v) is 16.5. The zero-order valence-electron chi connectivity index (χ0n) is 32.5. The van der Waals surface area contributed by atoms with Crippen LogP contribution in [-0.2, 0) is 24.4 Å². The van der Waals surface area contributed by atoms with Crippen LogP contribution in [0.4, 0.5) is 28.8 Å². The van der Waals surface area contributed by atoms with E-state index in [0.29, 0.717) is 54.9 Å². The number of imide groups is 2. The normalized spacial score (nSPS) is 15.7. The number of nitrogens with one attached hydrogen (secondary N) is 6. The van der Waals surface area contributed by atoms with Crippen LogP contribution in [0.25, 0.3) is 0 Å². The van der Waals surface area contributed by atoms with Gasteiger partial charge >= 0.3 is 0 Å². The number of ether oxygens (including phenoxy) is 1. The lowest BCUT2D eigenvalue weighted by Gasteiger charge is -2.23. The van der Waals surface area contributed by atoms with Crippen molar-refractivity contribution >= 4 is 68.4 Å². The maximum absolute atomic E-state index is 13.4. The van der Waals surface area contributed by atoms with Gasteiger partial charge in [0.25, 0.3) is 11.8 Å². The number of fused-ring (bicyclic) bond motifs is 1. The van der Waals surface area contributed by atoms with E-state index in [-0.39, 0.29) is 41.1 Å². The van der Waals surface area contributed by atoms with E-state index in [1.807, 2.05) is 19.1 Å². The first kappa shape index (κ1) is 41.4. The minimum absolute atomic E-state index is 0.00915. The molecule has 0 unspecified atom stereocenters. The van der Waals surface area contributed by atoms with Crippen LogP contribution in [0.2, 0.25) is 0 Å². The van der Waals surface area contributed by atoms with Crippen LogP contribution in [0, 0.1) is 6.92 Å². The molecule has 2 aliphatic heterocycles. The van der Waals surface area contributed by atoms with Crippen molar-refractivity contribution in [3.05, 3.63) is 89.6 Å². The summed E-state index contributed by atoms with van der Waals surface area (Å²) in [6, 6.07) is 17.1. The van der Waals surface area contributed by atoms with Gasteiger partial charge in [0.15, 0.2) is 0 Å². The molecule has 6 rings (SSSR count). The molecule has 0 radical (unpaired) electrons. The molecule has 58 heavy (non-hydrogen) atoms. The Morgan fingerprint density at radius 2 is 1.72 bits per heavy atom. The fourth-order valence-electron chi connectivity index (χ4n) is 6.32. The zero-order chi connectivity index (χ0) is 41.6. The lowest BCUT2D eigenvalue weighted by molar-refractivity contribution is -0.131. The molecule has 304 valence electrons. The van der Waals surface area contributed by atoms with Gasteiger partial charge in [0.05, 0.1) is 34.9 Å². The summed E-state index contributed by atoms with van der Waals surface area (Å²) in [4.78, 5) is 73.6. The highest BCUT2D eigenvalue weighted by Crippen LogP contribution is 2.32. The van der Waals surface area contributed by atoms with Crippen molar-refractivity contribution in [2.75, 3.05) is 35.6 Å². The Balaban J connectivity index is 0.942. The average Bonchev–Trinajstić information content (AvgIpc) is 3.29. The van der Waals surface area contributed by atoms with Gasteiger partial charge in [-0.15, -0.1) is 0 Å². The smallest absolute Gasteiger partial charge is 0.264 e. The maximum atomic E-state index is 13.4. The third-order valence-corrected chi connectivity index (χ3v) is 10.7. The van der Waals surface area contributed by atoms with Crippen LogP contribution < -0.4 is 36.0 Å². The number of anilines is 5. The van der Waals surface area contributed by atoms with Gasteiger partial charge in [-0.1, -0.05) is 12.1 Å². The summed E-state index contributed by atoms with van der Waals surface area (Å²) in [5, 5.41) is 14.3. The Kier molecular flexibility index (Phi) is 12.5. The Bertz CT molecular complexity index is 2350. The molecule has 0 aliphatic carbocycles. The molecular formula is C40H45N9O8S. The number of amides is 5. The molecule has 3 heterocycles. The number of carbonyl (C=O) groups excluding carboxylic acids is 5. The molecule has 1 atom stereocenters. The number of sulfonamides is 1. The first-order valence-corrected chi connectivity index (χ1v) is 20.2. The van der Waals surface area contributed by atoms with Gasteiger partial charge in [-0.2, -0.15) is 4.98 Å². The monoisotopic (exact) mass is 811 g/mol. The van der Waals surface area contributed by atoms with Gasteiger partial charge in [0.1, 0.15) is 17.6 Å². The van der Waals surface area contributed by atoms with Crippen molar-refractivity contribution in [2.45, 2.75) is 69.9 Å². The summed E-state index contributed by atoms with van der Waals surface area (Å²) >= 11 is 0. The summed E-state index contributed by atoms with van der Waals surface area (Å²) < 4.78 is 34.2. The molecule has 4 aromatic rings. The number of aryl methyl sites for hydroxylation is 1. The Morgan fingerprint density at radius 1 is 0.966 bits per heavy atom. The molecule has 6 N–H and O–H groups in total. The van der Waals surface area contributed by atoms with Gasteiger partial charge in [-0.05, 0) is 108 Å². The Hall–Kier alpha value is -6.24. The third-order valence-electron chi connectivity index (χ3n) is 8.96. The summed E-state index contributed by atoms with van der Waals surface area (Å²) in [6.45, 7) is 7.93. The molecule has 3 aromatic carbocycles. The van der Waals surface area contributed by atoms with E-state index >= 15 is 0 Å². The molecule has 1 aromatic heterocycles. The van der Waals surface area contributed by atoms with Crippen LogP contribution in [-0.4, -0.2) is 84.1 Å². The predicted octanol–water partition coefficient (Wildman–Crippen LogP) is 4.14. The summed E-state index contributed by atoms with van der Waals surface area (Å²) in [7, 11) is -3.72. The summed E-state index contributed by atoms with van der Waals surface area (Å²) in [5.41, 5.74) is 1.64.